The molecule has 0 bridgehead atoms. The van der Waals surface area contributed by atoms with Gasteiger partial charge in [0.15, 0.2) is 0 Å². The van der Waals surface area contributed by atoms with E-state index < -0.39 is 0 Å². The van der Waals surface area contributed by atoms with E-state index in [0.717, 1.165) is 25.0 Å². The fraction of sp³-hybridized carbons (Fsp3) is 0.429. The summed E-state index contributed by atoms with van der Waals surface area (Å²) in [4.78, 5) is 0. The predicted octanol–water partition coefficient (Wildman–Crippen LogP) is 2.84. The van der Waals surface area contributed by atoms with Crippen LogP contribution in [0.2, 0.25) is 5.02 Å². The quantitative estimate of drug-likeness (QED) is 0.645. The summed E-state index contributed by atoms with van der Waals surface area (Å²) in [5, 5.41) is 0.711. The molecule has 0 spiro atoms. The first kappa shape index (κ1) is 14.1. The molecule has 1 aromatic rings. The zero-order valence-electron chi connectivity index (χ0n) is 10.1. The maximum atomic E-state index is 5.81. The number of hydrogen-bond donors (Lipinski definition) is 1. The highest BCUT2D eigenvalue weighted by Crippen LogP contribution is 2.08. The van der Waals surface area contributed by atoms with Crippen LogP contribution in [-0.4, -0.2) is 19.3 Å². The Morgan fingerprint density at radius 2 is 2.06 bits per heavy atom. The lowest BCUT2D eigenvalue weighted by Crippen LogP contribution is -2.24. The molecule has 3 heteroatoms. The second-order valence-corrected chi connectivity index (χ2v) is 4.25. The molecule has 92 valence electrons. The smallest absolute Gasteiger partial charge is 0.0905 e. The van der Waals surface area contributed by atoms with E-state index >= 15 is 0 Å². The molecule has 0 heterocycles. The Balaban J connectivity index is 2.35. The molecule has 0 aliphatic heterocycles. The van der Waals surface area contributed by atoms with Gasteiger partial charge < -0.3 is 10.5 Å². The van der Waals surface area contributed by atoms with Crippen molar-refractivity contribution >= 4 is 11.6 Å². The van der Waals surface area contributed by atoms with Crippen LogP contribution < -0.4 is 5.73 Å². The van der Waals surface area contributed by atoms with E-state index in [1.54, 1.807) is 0 Å². The van der Waals surface area contributed by atoms with Crippen molar-refractivity contribution in [1.82, 2.24) is 0 Å². The number of halogens is 1. The summed E-state index contributed by atoms with van der Waals surface area (Å²) < 4.78 is 5.39. The van der Waals surface area contributed by atoms with E-state index in [1.807, 2.05) is 24.3 Å². The lowest BCUT2D eigenvalue weighted by atomic mass is 10.2. The van der Waals surface area contributed by atoms with Crippen LogP contribution in [0.4, 0.5) is 0 Å². The summed E-state index contributed by atoms with van der Waals surface area (Å²) in [7, 11) is 0. The third kappa shape index (κ3) is 6.33. The number of benzene rings is 1. The van der Waals surface area contributed by atoms with Crippen LogP contribution in [0.1, 0.15) is 25.3 Å². The van der Waals surface area contributed by atoms with Crippen molar-refractivity contribution in [3.63, 3.8) is 0 Å². The van der Waals surface area contributed by atoms with Gasteiger partial charge in [-0.3, -0.25) is 0 Å². The highest BCUT2D eigenvalue weighted by Gasteiger charge is 1.96. The molecule has 0 saturated carbocycles. The van der Waals surface area contributed by atoms with E-state index in [9.17, 15) is 0 Å². The Bertz CT molecular complexity index is 377. The van der Waals surface area contributed by atoms with Crippen molar-refractivity contribution in [1.29, 1.82) is 0 Å². The maximum absolute atomic E-state index is 5.81. The number of unbranched alkanes of at least 4 members (excludes halogenated alkanes) is 1. The van der Waals surface area contributed by atoms with Gasteiger partial charge in [0, 0.05) is 17.2 Å². The normalized spacial score (nSPS) is 11.7. The van der Waals surface area contributed by atoms with Crippen LogP contribution >= 0.6 is 11.6 Å². The maximum Gasteiger partial charge on any atom is 0.0905 e. The fourth-order valence-electron chi connectivity index (χ4n) is 1.21. The van der Waals surface area contributed by atoms with Gasteiger partial charge in [-0.25, -0.2) is 0 Å². The van der Waals surface area contributed by atoms with E-state index in [0.29, 0.717) is 11.6 Å². The molecule has 2 N–H and O–H groups in total. The molecule has 0 unspecified atom stereocenters. The first-order valence-corrected chi connectivity index (χ1v) is 6.20. The van der Waals surface area contributed by atoms with Crippen molar-refractivity contribution in [2.24, 2.45) is 5.73 Å². The molecule has 1 aromatic carbocycles. The zero-order chi connectivity index (χ0) is 12.5. The van der Waals surface area contributed by atoms with Crippen molar-refractivity contribution < 1.29 is 4.74 Å². The molecule has 0 fully saturated rings. The summed E-state index contributed by atoms with van der Waals surface area (Å²) in [5.41, 5.74) is 6.72. The molecule has 0 aliphatic rings. The van der Waals surface area contributed by atoms with Gasteiger partial charge in [0.2, 0.25) is 0 Å². The Hall–Kier alpha value is -1.01. The van der Waals surface area contributed by atoms with Gasteiger partial charge in [-0.05, 0) is 30.7 Å². The summed E-state index contributed by atoms with van der Waals surface area (Å²) in [6.07, 6.45) is 2.20. The fourth-order valence-corrected chi connectivity index (χ4v) is 1.33. The average Bonchev–Trinajstić information content (AvgIpc) is 2.34. The second-order valence-electron chi connectivity index (χ2n) is 3.81. The molecule has 0 amide bonds. The first-order valence-electron chi connectivity index (χ1n) is 5.83. The molecule has 0 radical (unpaired) electrons. The minimum absolute atomic E-state index is 0.234. The van der Waals surface area contributed by atoms with Crippen LogP contribution in [0.3, 0.4) is 0 Å². The average molecular weight is 252 g/mol. The van der Waals surface area contributed by atoms with Crippen LogP contribution in [0.25, 0.3) is 0 Å². The number of nitrogens with two attached hydrogens (primary N) is 1. The van der Waals surface area contributed by atoms with Gasteiger partial charge in [0.05, 0.1) is 12.6 Å². The van der Waals surface area contributed by atoms with E-state index in [4.69, 9.17) is 22.1 Å². The molecule has 1 atom stereocenters. The summed E-state index contributed by atoms with van der Waals surface area (Å²) in [6, 6.07) is 7.14. The topological polar surface area (TPSA) is 35.2 Å². The van der Waals surface area contributed by atoms with Crippen molar-refractivity contribution in [3.8, 4) is 11.8 Å². The highest BCUT2D eigenvalue weighted by atomic mass is 35.5. The van der Waals surface area contributed by atoms with Crippen molar-refractivity contribution in [3.05, 3.63) is 34.9 Å². The standard InChI is InChI=1S/C14H18ClNO/c1-2-3-10-17-11-14(16)9-6-12-4-7-13(15)8-5-12/h4-5,7-8,14H,2-3,10-11,16H2,1H3/t14-/m1/s1. The Labute approximate surface area is 108 Å². The largest absolute Gasteiger partial charge is 0.379 e. The van der Waals surface area contributed by atoms with Crippen LogP contribution in [0.15, 0.2) is 24.3 Å². The minimum Gasteiger partial charge on any atom is -0.379 e. The van der Waals surface area contributed by atoms with Crippen LogP contribution in [-0.2, 0) is 4.74 Å². The van der Waals surface area contributed by atoms with E-state index in [1.165, 1.54) is 0 Å². The van der Waals surface area contributed by atoms with Gasteiger partial charge >= 0.3 is 0 Å². The third-order valence-corrected chi connectivity index (χ3v) is 2.44. The second kappa shape index (κ2) is 8.14. The lowest BCUT2D eigenvalue weighted by molar-refractivity contribution is 0.128. The summed E-state index contributed by atoms with van der Waals surface area (Å²) in [5.74, 6) is 5.95. The third-order valence-electron chi connectivity index (χ3n) is 2.19. The number of hydrogen-bond acceptors (Lipinski definition) is 2. The van der Waals surface area contributed by atoms with Gasteiger partial charge in [-0.2, -0.15) is 0 Å². The Morgan fingerprint density at radius 1 is 1.35 bits per heavy atom. The Morgan fingerprint density at radius 3 is 2.71 bits per heavy atom. The van der Waals surface area contributed by atoms with E-state index in [-0.39, 0.29) is 6.04 Å². The SMILES string of the molecule is CCCCOC[C@H](N)C#Cc1ccc(Cl)cc1. The van der Waals surface area contributed by atoms with Gasteiger partial charge in [-0.1, -0.05) is 36.8 Å². The number of rotatable bonds is 5. The van der Waals surface area contributed by atoms with Gasteiger partial charge in [-0.15, -0.1) is 0 Å². The van der Waals surface area contributed by atoms with Crippen LogP contribution in [0, 0.1) is 11.8 Å². The van der Waals surface area contributed by atoms with Crippen molar-refractivity contribution in [2.45, 2.75) is 25.8 Å². The molecule has 1 rings (SSSR count). The molecule has 2 nitrogen and oxygen atoms in total. The monoisotopic (exact) mass is 251 g/mol. The van der Waals surface area contributed by atoms with Crippen molar-refractivity contribution in [2.75, 3.05) is 13.2 Å². The molecular weight excluding hydrogens is 234 g/mol. The predicted molar refractivity (Wildman–Crippen MR) is 72.0 cm³/mol. The number of ether oxygens (including phenoxy) is 1. The molecule has 0 saturated heterocycles. The molecule has 17 heavy (non-hydrogen) atoms. The Kier molecular flexibility index (Phi) is 6.73. The zero-order valence-corrected chi connectivity index (χ0v) is 10.8. The minimum atomic E-state index is -0.234. The summed E-state index contributed by atoms with van der Waals surface area (Å²) >= 11 is 5.78. The first-order chi connectivity index (χ1) is 8.22. The molecule has 0 aliphatic carbocycles. The highest BCUT2D eigenvalue weighted by molar-refractivity contribution is 6.30. The molecular formula is C14H18ClNO. The van der Waals surface area contributed by atoms with Gasteiger partial charge in [0.1, 0.15) is 0 Å². The molecule has 0 aromatic heterocycles. The van der Waals surface area contributed by atoms with Gasteiger partial charge in [0.25, 0.3) is 0 Å². The van der Waals surface area contributed by atoms with Crippen LogP contribution in [0.5, 0.6) is 0 Å². The summed E-state index contributed by atoms with van der Waals surface area (Å²) in [6.45, 7) is 3.37. The van der Waals surface area contributed by atoms with E-state index in [2.05, 4.69) is 18.8 Å². The lowest BCUT2D eigenvalue weighted by Gasteiger charge is -2.05.